The van der Waals surface area contributed by atoms with E-state index < -0.39 is 0 Å². The van der Waals surface area contributed by atoms with Crippen LogP contribution >= 0.6 is 12.2 Å². The zero-order valence-corrected chi connectivity index (χ0v) is 13.8. The summed E-state index contributed by atoms with van der Waals surface area (Å²) >= 11 is 5.46. The largest absolute Gasteiger partial charge is 0.351 e. The molecule has 0 aliphatic heterocycles. The van der Waals surface area contributed by atoms with Crippen LogP contribution in [0.1, 0.15) is 13.3 Å². The van der Waals surface area contributed by atoms with Crippen LogP contribution in [0.25, 0.3) is 5.69 Å². The fourth-order valence-electron chi connectivity index (χ4n) is 2.12. The summed E-state index contributed by atoms with van der Waals surface area (Å²) in [6, 6.07) is 9.85. The minimum Gasteiger partial charge on any atom is -0.351 e. The highest BCUT2D eigenvalue weighted by molar-refractivity contribution is 7.71. The second kappa shape index (κ2) is 7.86. The molecule has 1 amide bonds. The van der Waals surface area contributed by atoms with Crippen LogP contribution in [-0.2, 0) is 11.5 Å². The van der Waals surface area contributed by atoms with Crippen molar-refractivity contribution in [3.63, 3.8) is 0 Å². The van der Waals surface area contributed by atoms with Crippen LogP contribution in [-0.4, -0.2) is 40.4 Å². The minimum atomic E-state index is 0.0494. The van der Waals surface area contributed by atoms with Gasteiger partial charge in [-0.1, -0.05) is 25.1 Å². The Morgan fingerprint density at radius 3 is 2.77 bits per heavy atom. The second-order valence-corrected chi connectivity index (χ2v) is 5.63. The molecule has 0 radical (unpaired) electrons. The van der Waals surface area contributed by atoms with Crippen LogP contribution in [0.5, 0.6) is 0 Å². The Morgan fingerprint density at radius 1 is 1.36 bits per heavy atom. The Morgan fingerprint density at radius 2 is 2.09 bits per heavy atom. The van der Waals surface area contributed by atoms with Crippen LogP contribution in [0.4, 0.5) is 0 Å². The van der Waals surface area contributed by atoms with Crippen LogP contribution in [0.3, 0.4) is 0 Å². The predicted octanol–water partition coefficient (Wildman–Crippen LogP) is 0.402. The first kappa shape index (κ1) is 16.4. The molecule has 2 aromatic rings. The monoisotopic (exact) mass is 320 g/mol. The maximum Gasteiger partial charge on any atom is 0.275 e. The molecule has 1 aromatic heterocycles. The smallest absolute Gasteiger partial charge is 0.275 e. The normalized spacial score (nSPS) is 12.1. The van der Waals surface area contributed by atoms with Gasteiger partial charge in [-0.25, -0.2) is 0 Å². The topological polar surface area (TPSA) is 56.3 Å². The van der Waals surface area contributed by atoms with Crippen LogP contribution in [0, 0.1) is 4.77 Å². The summed E-state index contributed by atoms with van der Waals surface area (Å²) in [5.41, 5.74) is 0.983. The molecule has 0 bridgehead atoms. The number of quaternary nitrogens is 1. The van der Waals surface area contributed by atoms with Gasteiger partial charge in [0.1, 0.15) is 6.33 Å². The van der Waals surface area contributed by atoms with E-state index in [2.05, 4.69) is 10.4 Å². The van der Waals surface area contributed by atoms with Gasteiger partial charge in [-0.05, 0) is 30.8 Å². The van der Waals surface area contributed by atoms with Gasteiger partial charge >= 0.3 is 0 Å². The van der Waals surface area contributed by atoms with E-state index in [1.807, 2.05) is 48.9 Å². The Kier molecular flexibility index (Phi) is 5.85. The van der Waals surface area contributed by atoms with E-state index in [1.165, 1.54) is 0 Å². The van der Waals surface area contributed by atoms with E-state index in [-0.39, 0.29) is 5.91 Å². The fourth-order valence-corrected chi connectivity index (χ4v) is 2.39. The number of nitrogens with one attached hydrogen (secondary N) is 2. The lowest BCUT2D eigenvalue weighted by atomic mass is 10.3. The summed E-state index contributed by atoms with van der Waals surface area (Å²) in [6.07, 6.45) is 2.65. The predicted molar refractivity (Wildman–Crippen MR) is 87.4 cm³/mol. The number of carbonyl (C=O) groups excluding carboxylic acids is 1. The summed E-state index contributed by atoms with van der Waals surface area (Å²) in [4.78, 5) is 12.8. The van der Waals surface area contributed by atoms with Crippen molar-refractivity contribution in [2.24, 2.45) is 0 Å². The minimum absolute atomic E-state index is 0.0494. The van der Waals surface area contributed by atoms with Crippen molar-refractivity contribution in [1.82, 2.24) is 19.7 Å². The lowest BCUT2D eigenvalue weighted by molar-refractivity contribution is -0.895. The first-order chi connectivity index (χ1) is 10.6. The average molecular weight is 320 g/mol. The molecule has 1 aromatic carbocycles. The molecule has 0 saturated heterocycles. The van der Waals surface area contributed by atoms with Crippen molar-refractivity contribution in [2.45, 2.75) is 20.0 Å². The molecular weight excluding hydrogens is 298 g/mol. The van der Waals surface area contributed by atoms with Gasteiger partial charge < -0.3 is 10.2 Å². The lowest BCUT2D eigenvalue weighted by Gasteiger charge is -2.13. The first-order valence-corrected chi connectivity index (χ1v) is 7.80. The van der Waals surface area contributed by atoms with Crippen LogP contribution < -0.4 is 10.2 Å². The summed E-state index contributed by atoms with van der Waals surface area (Å²) in [5, 5.41) is 7.20. The van der Waals surface area contributed by atoms with Crippen molar-refractivity contribution in [3.05, 3.63) is 41.4 Å². The third-order valence-corrected chi connectivity index (χ3v) is 3.63. The van der Waals surface area contributed by atoms with E-state index in [0.29, 0.717) is 24.5 Å². The van der Waals surface area contributed by atoms with E-state index in [4.69, 9.17) is 12.2 Å². The number of likely N-dealkylation sites (N-methyl/N-ethyl adjacent to an activating group) is 1. The molecule has 2 rings (SSSR count). The zero-order chi connectivity index (χ0) is 15.9. The number of carbonyl (C=O) groups is 1. The van der Waals surface area contributed by atoms with Gasteiger partial charge in [-0.15, -0.1) is 0 Å². The molecule has 2 N–H and O–H groups in total. The standard InChI is InChI=1S/C15H21N5OS/c1-3-9-16-14(21)10-18(2)12-20-15(22)19(11-17-20)13-7-5-4-6-8-13/h4-8,11H,3,9-10,12H2,1-2H3,(H,16,21)/p+1. The molecule has 0 aliphatic carbocycles. The Hall–Kier alpha value is -1.99. The summed E-state index contributed by atoms with van der Waals surface area (Å²) < 4.78 is 4.23. The van der Waals surface area contributed by atoms with E-state index in [1.54, 1.807) is 11.0 Å². The molecule has 0 spiro atoms. The van der Waals surface area contributed by atoms with Crippen molar-refractivity contribution in [2.75, 3.05) is 20.1 Å². The molecule has 0 saturated carbocycles. The molecule has 6 nitrogen and oxygen atoms in total. The van der Waals surface area contributed by atoms with E-state index in [9.17, 15) is 4.79 Å². The lowest BCUT2D eigenvalue weighted by Crippen LogP contribution is -3.09. The third-order valence-electron chi connectivity index (χ3n) is 3.22. The highest BCUT2D eigenvalue weighted by Gasteiger charge is 2.12. The third kappa shape index (κ3) is 4.25. The van der Waals surface area contributed by atoms with Crippen molar-refractivity contribution in [3.8, 4) is 5.69 Å². The molecule has 1 atom stereocenters. The quantitative estimate of drug-likeness (QED) is 0.726. The summed E-state index contributed by atoms with van der Waals surface area (Å²) in [7, 11) is 1.95. The van der Waals surface area contributed by atoms with Gasteiger partial charge in [0, 0.05) is 12.2 Å². The molecule has 1 unspecified atom stereocenters. The number of rotatable bonds is 7. The molecule has 22 heavy (non-hydrogen) atoms. The summed E-state index contributed by atoms with van der Waals surface area (Å²) in [5.74, 6) is 0.0494. The Bertz CT molecular complexity index is 664. The second-order valence-electron chi connectivity index (χ2n) is 5.26. The highest BCUT2D eigenvalue weighted by Crippen LogP contribution is 2.06. The fraction of sp³-hybridized carbons (Fsp3) is 0.400. The van der Waals surface area contributed by atoms with Crippen molar-refractivity contribution >= 4 is 18.1 Å². The Balaban J connectivity index is 2.01. The molecule has 7 heteroatoms. The van der Waals surface area contributed by atoms with Gasteiger partial charge in [0.15, 0.2) is 13.2 Å². The number of para-hydroxylation sites is 1. The number of nitrogens with zero attached hydrogens (tertiary/aromatic N) is 3. The number of benzene rings is 1. The van der Waals surface area contributed by atoms with Gasteiger partial charge in [-0.2, -0.15) is 9.78 Å². The number of aromatic nitrogens is 3. The van der Waals surface area contributed by atoms with E-state index >= 15 is 0 Å². The summed E-state index contributed by atoms with van der Waals surface area (Å²) in [6.45, 7) is 3.71. The molecule has 0 aliphatic rings. The van der Waals surface area contributed by atoms with E-state index in [0.717, 1.165) is 17.0 Å². The van der Waals surface area contributed by atoms with Gasteiger partial charge in [0.2, 0.25) is 4.77 Å². The maximum atomic E-state index is 11.7. The van der Waals surface area contributed by atoms with Crippen molar-refractivity contribution < 1.29 is 9.69 Å². The first-order valence-electron chi connectivity index (χ1n) is 7.39. The maximum absolute atomic E-state index is 11.7. The average Bonchev–Trinajstić information content (AvgIpc) is 2.87. The Labute approximate surface area is 135 Å². The zero-order valence-electron chi connectivity index (χ0n) is 13.0. The van der Waals surface area contributed by atoms with Crippen LogP contribution in [0.2, 0.25) is 0 Å². The van der Waals surface area contributed by atoms with Crippen molar-refractivity contribution in [1.29, 1.82) is 0 Å². The molecular formula is C15H22N5OS+. The van der Waals surface area contributed by atoms with Gasteiger partial charge in [-0.3, -0.25) is 9.36 Å². The number of hydrogen-bond acceptors (Lipinski definition) is 3. The van der Waals surface area contributed by atoms with Crippen LogP contribution in [0.15, 0.2) is 36.7 Å². The molecule has 1 heterocycles. The highest BCUT2D eigenvalue weighted by atomic mass is 32.1. The molecule has 0 fully saturated rings. The number of hydrogen-bond donors (Lipinski definition) is 2. The number of amides is 1. The van der Waals surface area contributed by atoms with Gasteiger partial charge in [0.25, 0.3) is 5.91 Å². The van der Waals surface area contributed by atoms with Gasteiger partial charge in [0.05, 0.1) is 7.05 Å². The molecule has 118 valence electrons. The SMILES string of the molecule is CCCNC(=O)C[NH+](C)Cn1ncn(-c2ccccc2)c1=S.